The van der Waals surface area contributed by atoms with Gasteiger partial charge in [0.15, 0.2) is 0 Å². The van der Waals surface area contributed by atoms with Gasteiger partial charge in [-0.2, -0.15) is 13.2 Å². The minimum atomic E-state index is -4.25. The number of unbranched alkanes of at least 4 members (excludes halogenated alkanes) is 3. The summed E-state index contributed by atoms with van der Waals surface area (Å²) < 4.78 is 38.3. The number of rotatable bonds is 8. The first kappa shape index (κ1) is 16.8. The van der Waals surface area contributed by atoms with E-state index in [0.29, 0.717) is 6.54 Å². The molecule has 0 radical (unpaired) electrons. The van der Waals surface area contributed by atoms with E-state index in [1.165, 1.54) is 35.8 Å². The van der Waals surface area contributed by atoms with Gasteiger partial charge in [0.25, 0.3) is 0 Å². The van der Waals surface area contributed by atoms with E-state index in [1.807, 2.05) is 0 Å². The Balaban J connectivity index is 2.20. The molecule has 108 valence electrons. The van der Waals surface area contributed by atoms with Crippen molar-refractivity contribution in [2.75, 3.05) is 11.0 Å². The van der Waals surface area contributed by atoms with E-state index < -0.39 is 11.7 Å². The lowest BCUT2D eigenvalue weighted by Crippen LogP contribution is -2.15. The molecule has 0 saturated heterocycles. The molecule has 19 heavy (non-hydrogen) atoms. The summed E-state index contributed by atoms with van der Waals surface area (Å²) in [6.07, 6.45) is 0.606. The standard InChI is InChI=1S/C14H19F3IN/c15-14(16,17)13-7-5-12(6-8-13)11-19-10-4-2-1-3-9-18/h5-8,19H,1-4,9-11H2. The van der Waals surface area contributed by atoms with Gasteiger partial charge in [0.05, 0.1) is 5.56 Å². The lowest BCUT2D eigenvalue weighted by molar-refractivity contribution is -0.137. The SMILES string of the molecule is FC(F)(F)c1ccc(CNCCCCCCI)cc1. The maximum Gasteiger partial charge on any atom is 0.416 e. The zero-order chi connectivity index (χ0) is 14.1. The molecule has 1 aromatic rings. The van der Waals surface area contributed by atoms with E-state index in [4.69, 9.17) is 0 Å². The van der Waals surface area contributed by atoms with Gasteiger partial charge in [0.1, 0.15) is 0 Å². The van der Waals surface area contributed by atoms with Crippen LogP contribution in [0.25, 0.3) is 0 Å². The number of alkyl halides is 4. The lowest BCUT2D eigenvalue weighted by Gasteiger charge is -2.08. The number of hydrogen-bond acceptors (Lipinski definition) is 1. The molecule has 0 aliphatic carbocycles. The van der Waals surface area contributed by atoms with E-state index in [-0.39, 0.29) is 0 Å². The normalized spacial score (nSPS) is 11.8. The fourth-order valence-electron chi connectivity index (χ4n) is 1.74. The molecule has 0 aromatic heterocycles. The molecule has 0 aliphatic rings. The average molecular weight is 385 g/mol. The molecule has 0 fully saturated rings. The summed E-state index contributed by atoms with van der Waals surface area (Å²) in [4.78, 5) is 0. The van der Waals surface area contributed by atoms with Crippen LogP contribution in [0.4, 0.5) is 13.2 Å². The Labute approximate surface area is 126 Å². The summed E-state index contributed by atoms with van der Waals surface area (Å²) in [6.45, 7) is 1.55. The maximum absolute atomic E-state index is 12.4. The zero-order valence-electron chi connectivity index (χ0n) is 10.8. The van der Waals surface area contributed by atoms with Crippen LogP contribution in [0.2, 0.25) is 0 Å². The molecule has 0 saturated carbocycles. The van der Waals surface area contributed by atoms with Gasteiger partial charge in [0, 0.05) is 6.54 Å². The van der Waals surface area contributed by atoms with Crippen LogP contribution in [0.3, 0.4) is 0 Å². The average Bonchev–Trinajstić information content (AvgIpc) is 2.37. The van der Waals surface area contributed by atoms with Crippen LogP contribution in [0.1, 0.15) is 36.8 Å². The van der Waals surface area contributed by atoms with Gasteiger partial charge in [0.2, 0.25) is 0 Å². The van der Waals surface area contributed by atoms with Crippen LogP contribution in [0.5, 0.6) is 0 Å². The van der Waals surface area contributed by atoms with Crippen LogP contribution in [-0.4, -0.2) is 11.0 Å². The molecule has 0 aliphatic heterocycles. The molecule has 0 amide bonds. The molecule has 0 bridgehead atoms. The third-order valence-corrected chi connectivity index (χ3v) is 3.61. The Kier molecular flexibility index (Phi) is 7.75. The molecule has 1 aromatic carbocycles. The molecule has 1 nitrogen and oxygen atoms in total. The molecule has 0 unspecified atom stereocenters. The fraction of sp³-hybridized carbons (Fsp3) is 0.571. The maximum atomic E-state index is 12.4. The first-order valence-corrected chi connectivity index (χ1v) is 7.99. The van der Waals surface area contributed by atoms with Gasteiger partial charge in [-0.3, -0.25) is 0 Å². The monoisotopic (exact) mass is 385 g/mol. The van der Waals surface area contributed by atoms with E-state index in [9.17, 15) is 13.2 Å². The summed E-state index contributed by atoms with van der Waals surface area (Å²) in [6, 6.07) is 5.34. The number of benzene rings is 1. The lowest BCUT2D eigenvalue weighted by atomic mass is 10.1. The van der Waals surface area contributed by atoms with Crippen LogP contribution in [0.15, 0.2) is 24.3 Å². The van der Waals surface area contributed by atoms with Gasteiger partial charge in [-0.1, -0.05) is 47.6 Å². The highest BCUT2D eigenvalue weighted by Crippen LogP contribution is 2.28. The van der Waals surface area contributed by atoms with Crippen molar-refractivity contribution >= 4 is 22.6 Å². The predicted molar refractivity (Wildman–Crippen MR) is 80.5 cm³/mol. The van der Waals surface area contributed by atoms with Crippen molar-refractivity contribution in [2.24, 2.45) is 0 Å². The topological polar surface area (TPSA) is 12.0 Å². The Bertz CT molecular complexity index is 349. The van der Waals surface area contributed by atoms with Crippen molar-refractivity contribution in [3.05, 3.63) is 35.4 Å². The van der Waals surface area contributed by atoms with E-state index >= 15 is 0 Å². The highest BCUT2D eigenvalue weighted by atomic mass is 127. The molecule has 0 atom stereocenters. The zero-order valence-corrected chi connectivity index (χ0v) is 12.9. The van der Waals surface area contributed by atoms with Crippen LogP contribution >= 0.6 is 22.6 Å². The van der Waals surface area contributed by atoms with E-state index in [1.54, 1.807) is 0 Å². The Morgan fingerprint density at radius 3 is 2.16 bits per heavy atom. The molecule has 5 heteroatoms. The number of hydrogen-bond donors (Lipinski definition) is 1. The van der Waals surface area contributed by atoms with Crippen LogP contribution in [-0.2, 0) is 12.7 Å². The minimum absolute atomic E-state index is 0.588. The van der Waals surface area contributed by atoms with Crippen LogP contribution < -0.4 is 5.32 Å². The second kappa shape index (κ2) is 8.79. The Morgan fingerprint density at radius 1 is 0.947 bits per heavy atom. The first-order chi connectivity index (χ1) is 9.04. The number of nitrogens with one attached hydrogen (secondary N) is 1. The minimum Gasteiger partial charge on any atom is -0.313 e. The van der Waals surface area contributed by atoms with Gasteiger partial charge in [-0.15, -0.1) is 0 Å². The van der Waals surface area contributed by atoms with Gasteiger partial charge < -0.3 is 5.32 Å². The van der Waals surface area contributed by atoms with Crippen LogP contribution in [0, 0.1) is 0 Å². The third-order valence-electron chi connectivity index (χ3n) is 2.85. The first-order valence-electron chi connectivity index (χ1n) is 6.47. The summed E-state index contributed by atoms with van der Waals surface area (Å²) in [7, 11) is 0. The fourth-order valence-corrected chi connectivity index (χ4v) is 2.28. The molecule has 1 rings (SSSR count). The Morgan fingerprint density at radius 2 is 1.58 bits per heavy atom. The predicted octanol–water partition coefficient (Wildman–Crippen LogP) is 4.79. The quantitative estimate of drug-likeness (QED) is 0.386. The third kappa shape index (κ3) is 7.15. The van der Waals surface area contributed by atoms with Gasteiger partial charge >= 0.3 is 6.18 Å². The summed E-state index contributed by atoms with van der Waals surface area (Å²) >= 11 is 2.38. The van der Waals surface area contributed by atoms with Crippen molar-refractivity contribution in [2.45, 2.75) is 38.4 Å². The van der Waals surface area contributed by atoms with Crippen molar-refractivity contribution in [1.82, 2.24) is 5.32 Å². The second-order valence-electron chi connectivity index (χ2n) is 4.47. The second-order valence-corrected chi connectivity index (χ2v) is 5.55. The smallest absolute Gasteiger partial charge is 0.313 e. The summed E-state index contributed by atoms with van der Waals surface area (Å²) in [5.74, 6) is 0. The molecule has 0 heterocycles. The van der Waals surface area contributed by atoms with Gasteiger partial charge in [-0.25, -0.2) is 0 Å². The van der Waals surface area contributed by atoms with Crippen molar-refractivity contribution in [1.29, 1.82) is 0 Å². The summed E-state index contributed by atoms with van der Waals surface area (Å²) in [5, 5.41) is 3.25. The van der Waals surface area contributed by atoms with Crippen molar-refractivity contribution in [3.63, 3.8) is 0 Å². The van der Waals surface area contributed by atoms with Crippen molar-refractivity contribution < 1.29 is 13.2 Å². The highest BCUT2D eigenvalue weighted by Gasteiger charge is 2.29. The Hall–Kier alpha value is -0.300. The molecule has 0 spiro atoms. The van der Waals surface area contributed by atoms with E-state index in [2.05, 4.69) is 27.9 Å². The molecular formula is C14H19F3IN. The molecule has 1 N–H and O–H groups in total. The van der Waals surface area contributed by atoms with Crippen molar-refractivity contribution in [3.8, 4) is 0 Å². The largest absolute Gasteiger partial charge is 0.416 e. The van der Waals surface area contributed by atoms with E-state index in [0.717, 1.165) is 30.7 Å². The number of halogens is 4. The molecular weight excluding hydrogens is 366 g/mol. The van der Waals surface area contributed by atoms with Gasteiger partial charge in [-0.05, 0) is 41.5 Å². The summed E-state index contributed by atoms with van der Waals surface area (Å²) in [5.41, 5.74) is 0.301. The highest BCUT2D eigenvalue weighted by molar-refractivity contribution is 14.1.